The molecule has 1 saturated carbocycles. The number of primary amides is 1. The van der Waals surface area contributed by atoms with Gasteiger partial charge in [-0.25, -0.2) is 0 Å². The Balaban J connectivity index is 1.51. The lowest BCUT2D eigenvalue weighted by Gasteiger charge is -2.37. The van der Waals surface area contributed by atoms with Crippen LogP contribution in [-0.2, 0) is 10.2 Å². The summed E-state index contributed by atoms with van der Waals surface area (Å²) in [7, 11) is 0. The van der Waals surface area contributed by atoms with Gasteiger partial charge >= 0.3 is 0 Å². The zero-order chi connectivity index (χ0) is 24.7. The predicted molar refractivity (Wildman–Crippen MR) is 145 cm³/mol. The third-order valence-electron chi connectivity index (χ3n) is 8.57. The Morgan fingerprint density at radius 3 is 2.14 bits per heavy atom. The number of carbonyl (C=O) groups is 1. The third-order valence-corrected chi connectivity index (χ3v) is 8.57. The molecular weight excluding hydrogens is 430 g/mol. The SMILES string of the molecule is CCCCCCCC[N+]1=C(C)N([C@H]2CC[C@@H](C(C(N)=O)(c3ccccc3)c3ccccc3)C2)CC1. The summed E-state index contributed by atoms with van der Waals surface area (Å²) < 4.78 is 2.59. The summed E-state index contributed by atoms with van der Waals surface area (Å²) in [6.07, 6.45) is 11.2. The molecule has 35 heavy (non-hydrogen) atoms. The van der Waals surface area contributed by atoms with E-state index in [1.165, 1.54) is 50.9 Å². The van der Waals surface area contributed by atoms with E-state index in [-0.39, 0.29) is 11.8 Å². The Labute approximate surface area is 212 Å². The van der Waals surface area contributed by atoms with Crippen molar-refractivity contribution in [2.45, 2.75) is 83.1 Å². The minimum absolute atomic E-state index is 0.190. The zero-order valence-corrected chi connectivity index (χ0v) is 21.8. The fraction of sp³-hybridized carbons (Fsp3) is 0.548. The zero-order valence-electron chi connectivity index (χ0n) is 21.8. The highest BCUT2D eigenvalue weighted by molar-refractivity contribution is 5.91. The highest BCUT2D eigenvalue weighted by Crippen LogP contribution is 2.48. The molecule has 0 spiro atoms. The molecule has 1 amide bonds. The molecule has 0 aromatic heterocycles. The van der Waals surface area contributed by atoms with Crippen LogP contribution in [0, 0.1) is 5.92 Å². The van der Waals surface area contributed by atoms with Gasteiger partial charge in [0, 0.05) is 6.92 Å². The largest absolute Gasteiger partial charge is 0.369 e. The Bertz CT molecular complexity index is 945. The minimum Gasteiger partial charge on any atom is -0.369 e. The minimum atomic E-state index is -0.789. The number of benzene rings is 2. The molecule has 2 aromatic rings. The van der Waals surface area contributed by atoms with Gasteiger partial charge in [0.15, 0.2) is 0 Å². The van der Waals surface area contributed by atoms with Gasteiger partial charge < -0.3 is 5.73 Å². The average molecular weight is 475 g/mol. The quantitative estimate of drug-likeness (QED) is 0.315. The van der Waals surface area contributed by atoms with Gasteiger partial charge in [0.05, 0.1) is 12.6 Å². The topological polar surface area (TPSA) is 49.3 Å². The van der Waals surface area contributed by atoms with E-state index < -0.39 is 5.41 Å². The standard InChI is InChI=1S/C31H43N3O/c1-3-4-5-6-7-14-21-33-22-23-34(25(33)2)29-20-19-28(24-29)31(30(32)35,26-15-10-8-11-16-26)27-17-12-9-13-18-27/h8-13,15-18,28-29H,3-7,14,19-24H2,1-2H3,(H-,32,35)/p+1/t28-,29+/m1/s1. The van der Waals surface area contributed by atoms with Gasteiger partial charge in [0.2, 0.25) is 11.7 Å². The predicted octanol–water partition coefficient (Wildman–Crippen LogP) is 5.73. The van der Waals surface area contributed by atoms with Crippen LogP contribution in [0.2, 0.25) is 0 Å². The first-order valence-electron chi connectivity index (χ1n) is 13.8. The van der Waals surface area contributed by atoms with E-state index in [4.69, 9.17) is 5.73 Å². The highest BCUT2D eigenvalue weighted by Gasteiger charge is 2.52. The lowest BCUT2D eigenvalue weighted by atomic mass is 9.64. The smallest absolute Gasteiger partial charge is 0.244 e. The summed E-state index contributed by atoms with van der Waals surface area (Å²) in [5, 5.41) is 0. The van der Waals surface area contributed by atoms with Gasteiger partial charge in [0.25, 0.3) is 0 Å². The number of amides is 1. The van der Waals surface area contributed by atoms with Gasteiger partial charge in [0.1, 0.15) is 18.5 Å². The van der Waals surface area contributed by atoms with Crippen molar-refractivity contribution in [2.24, 2.45) is 11.7 Å². The maximum atomic E-state index is 13.4. The molecular formula is C31H44N3O+. The first-order chi connectivity index (χ1) is 17.1. The van der Waals surface area contributed by atoms with Gasteiger partial charge in [-0.05, 0) is 49.1 Å². The van der Waals surface area contributed by atoms with Crippen LogP contribution in [0.5, 0.6) is 0 Å². The van der Waals surface area contributed by atoms with Crippen molar-refractivity contribution < 1.29 is 9.37 Å². The Morgan fingerprint density at radius 1 is 0.943 bits per heavy atom. The number of nitrogens with two attached hydrogens (primary N) is 1. The van der Waals surface area contributed by atoms with E-state index in [0.29, 0.717) is 6.04 Å². The van der Waals surface area contributed by atoms with E-state index in [2.05, 4.69) is 47.6 Å². The van der Waals surface area contributed by atoms with Crippen molar-refractivity contribution in [3.63, 3.8) is 0 Å². The highest BCUT2D eigenvalue weighted by atomic mass is 16.1. The lowest BCUT2D eigenvalue weighted by molar-refractivity contribution is -0.519. The van der Waals surface area contributed by atoms with Crippen LogP contribution in [0.25, 0.3) is 0 Å². The van der Waals surface area contributed by atoms with Crippen molar-refractivity contribution in [3.05, 3.63) is 71.8 Å². The van der Waals surface area contributed by atoms with Crippen LogP contribution in [-0.4, -0.2) is 46.9 Å². The molecule has 1 aliphatic heterocycles. The molecule has 2 atom stereocenters. The van der Waals surface area contributed by atoms with Gasteiger partial charge in [-0.2, -0.15) is 0 Å². The molecule has 4 nitrogen and oxygen atoms in total. The van der Waals surface area contributed by atoms with E-state index in [1.807, 2.05) is 36.4 Å². The van der Waals surface area contributed by atoms with Crippen molar-refractivity contribution in [2.75, 3.05) is 19.6 Å². The summed E-state index contributed by atoms with van der Waals surface area (Å²) in [6, 6.07) is 20.9. The monoisotopic (exact) mass is 474 g/mol. The molecule has 4 rings (SSSR count). The second kappa shape index (κ2) is 11.9. The summed E-state index contributed by atoms with van der Waals surface area (Å²) in [5.74, 6) is 1.39. The van der Waals surface area contributed by atoms with Crippen LogP contribution in [0.3, 0.4) is 0 Å². The maximum Gasteiger partial charge on any atom is 0.244 e. The van der Waals surface area contributed by atoms with Crippen LogP contribution >= 0.6 is 0 Å². The second-order valence-electron chi connectivity index (χ2n) is 10.6. The first-order valence-corrected chi connectivity index (χ1v) is 13.8. The molecule has 1 fully saturated rings. The van der Waals surface area contributed by atoms with Crippen LogP contribution in [0.4, 0.5) is 0 Å². The molecule has 2 N–H and O–H groups in total. The lowest BCUT2D eigenvalue weighted by Crippen LogP contribution is -2.48. The number of carbonyl (C=O) groups excluding carboxylic acids is 1. The number of nitrogens with zero attached hydrogens (tertiary/aromatic N) is 2. The number of unbranched alkanes of at least 4 members (excludes halogenated alkanes) is 5. The normalized spacial score (nSPS) is 20.6. The second-order valence-corrected chi connectivity index (χ2v) is 10.6. The fourth-order valence-electron chi connectivity index (χ4n) is 6.70. The third kappa shape index (κ3) is 5.32. The molecule has 0 radical (unpaired) electrons. The number of hydrogen-bond donors (Lipinski definition) is 1. The summed E-state index contributed by atoms with van der Waals surface area (Å²) in [5.41, 5.74) is 7.56. The van der Waals surface area contributed by atoms with E-state index in [9.17, 15) is 4.79 Å². The molecule has 4 heteroatoms. The van der Waals surface area contributed by atoms with Crippen molar-refractivity contribution in [1.82, 2.24) is 4.90 Å². The van der Waals surface area contributed by atoms with Crippen molar-refractivity contribution in [3.8, 4) is 0 Å². The molecule has 2 aromatic carbocycles. The van der Waals surface area contributed by atoms with Crippen molar-refractivity contribution in [1.29, 1.82) is 0 Å². The Kier molecular flexibility index (Phi) is 8.64. The van der Waals surface area contributed by atoms with Crippen molar-refractivity contribution >= 4 is 11.7 Å². The summed E-state index contributed by atoms with van der Waals surface area (Å²) in [4.78, 5) is 16.0. The Morgan fingerprint density at radius 2 is 1.54 bits per heavy atom. The van der Waals surface area contributed by atoms with Gasteiger partial charge in [-0.1, -0.05) is 93.3 Å². The first kappa shape index (κ1) is 25.5. The Hall–Kier alpha value is -2.62. The number of amidine groups is 1. The van der Waals surface area contributed by atoms with Gasteiger partial charge in [-0.15, -0.1) is 0 Å². The summed E-state index contributed by atoms with van der Waals surface area (Å²) in [6.45, 7) is 7.97. The fourth-order valence-corrected chi connectivity index (χ4v) is 6.70. The molecule has 1 heterocycles. The number of rotatable bonds is 12. The molecule has 0 bridgehead atoms. The molecule has 188 valence electrons. The molecule has 0 saturated heterocycles. The van der Waals surface area contributed by atoms with Crippen LogP contribution in [0.15, 0.2) is 60.7 Å². The molecule has 2 aliphatic rings. The van der Waals surface area contributed by atoms with E-state index in [1.54, 1.807) is 0 Å². The van der Waals surface area contributed by atoms with Crippen LogP contribution < -0.4 is 5.73 Å². The summed E-state index contributed by atoms with van der Waals surface area (Å²) >= 11 is 0. The average Bonchev–Trinajstić information content (AvgIpc) is 3.50. The molecule has 0 unspecified atom stereocenters. The maximum absolute atomic E-state index is 13.4. The van der Waals surface area contributed by atoms with E-state index >= 15 is 0 Å². The van der Waals surface area contributed by atoms with Gasteiger partial charge in [-0.3, -0.25) is 14.3 Å². The van der Waals surface area contributed by atoms with Crippen LogP contribution in [0.1, 0.15) is 82.8 Å². The van der Waals surface area contributed by atoms with E-state index in [0.717, 1.165) is 43.5 Å². The molecule has 1 aliphatic carbocycles. The number of hydrogen-bond acceptors (Lipinski definition) is 2.